The lowest BCUT2D eigenvalue weighted by molar-refractivity contribution is 0.468. The first-order chi connectivity index (χ1) is 5.90. The molecule has 2 N–H and O–H groups in total. The summed E-state index contributed by atoms with van der Waals surface area (Å²) in [7, 11) is -4.38. The van der Waals surface area contributed by atoms with Gasteiger partial charge in [-0.15, -0.1) is 5.10 Å². The van der Waals surface area contributed by atoms with Crippen molar-refractivity contribution in [1.29, 1.82) is 0 Å². The summed E-state index contributed by atoms with van der Waals surface area (Å²) in [6.45, 7) is 0. The van der Waals surface area contributed by atoms with E-state index < -0.39 is 27.1 Å². The van der Waals surface area contributed by atoms with Crippen LogP contribution in [0.1, 0.15) is 0 Å². The first-order valence-corrected chi connectivity index (χ1v) is 4.53. The molecule has 0 amide bonds. The normalized spacial score (nSPS) is 11.5. The first-order valence-electron chi connectivity index (χ1n) is 2.92. The van der Waals surface area contributed by atoms with Crippen LogP contribution >= 0.6 is 0 Å². The van der Waals surface area contributed by atoms with E-state index in [1.807, 2.05) is 6.33 Å². The molecule has 0 atom stereocenters. The van der Waals surface area contributed by atoms with Crippen molar-refractivity contribution in [1.82, 2.24) is 14.8 Å². The summed E-state index contributed by atoms with van der Waals surface area (Å²) in [5, 5.41) is 4.81. The lowest BCUT2D eigenvalue weighted by Gasteiger charge is -1.97. The van der Waals surface area contributed by atoms with Crippen molar-refractivity contribution in [3.63, 3.8) is 0 Å². The largest absolute Gasteiger partial charge is 0.330 e. The van der Waals surface area contributed by atoms with Crippen molar-refractivity contribution in [2.75, 3.05) is 0 Å². The van der Waals surface area contributed by atoms with Crippen LogP contribution in [0.5, 0.6) is 0 Å². The number of aromatic nitrogens is 3. The third-order valence-electron chi connectivity index (χ3n) is 1.06. The number of nitrogens with zero attached hydrogens (tertiary/aromatic N) is 2. The zero-order valence-corrected chi connectivity index (χ0v) is 6.91. The van der Waals surface area contributed by atoms with Crippen LogP contribution in [0.25, 0.3) is 0 Å². The highest BCUT2D eigenvalue weighted by molar-refractivity contribution is 7.84. The van der Waals surface area contributed by atoms with Crippen LogP contribution in [0.15, 0.2) is 9.59 Å². The summed E-state index contributed by atoms with van der Waals surface area (Å²) in [5.41, 5.74) is -2.23. The molecule has 0 aromatic carbocycles. The minimum atomic E-state index is -4.38. The number of nitrogens with one attached hydrogen (secondary N) is 1. The number of hydrogen-bond acceptors (Lipinski definition) is 5. The molecule has 0 unspecified atom stereocenters. The summed E-state index contributed by atoms with van der Waals surface area (Å²) in [6, 6.07) is 0. The fraction of sp³-hybridized carbons (Fsp3) is 0.250. The van der Waals surface area contributed by atoms with Gasteiger partial charge in [0.15, 0.2) is 5.88 Å². The molecule has 0 aliphatic rings. The third kappa shape index (κ3) is 2.49. The van der Waals surface area contributed by atoms with E-state index in [0.717, 1.165) is 0 Å². The number of H-pyrrole nitrogens is 1. The molecular formula is C4H4N3O5S. The van der Waals surface area contributed by atoms with Gasteiger partial charge in [-0.05, 0) is 0 Å². The van der Waals surface area contributed by atoms with E-state index in [1.54, 1.807) is 5.10 Å². The molecule has 0 saturated carbocycles. The van der Waals surface area contributed by atoms with Gasteiger partial charge in [0.25, 0.3) is 10.1 Å². The molecule has 0 spiro atoms. The molecule has 9 heteroatoms. The lowest BCUT2D eigenvalue weighted by atomic mass is 10.8. The number of aromatic amines is 1. The standard InChI is InChI=1S/C4H4N3O5S/c8-3-4(9)7(1-5-6-3)2-13(10,11)12/h2H2,(H,6,8)(H,10,11,12). The average Bonchev–Trinajstić information content (AvgIpc) is 1.96. The Bertz CT molecular complexity index is 511. The Morgan fingerprint density at radius 2 is 2.15 bits per heavy atom. The Morgan fingerprint density at radius 3 is 2.69 bits per heavy atom. The highest BCUT2D eigenvalue weighted by Gasteiger charge is 2.09. The molecule has 0 aliphatic heterocycles. The molecule has 0 saturated heterocycles. The third-order valence-corrected chi connectivity index (χ3v) is 1.64. The zero-order valence-electron chi connectivity index (χ0n) is 6.09. The SMILES string of the molecule is O=c1[nH]n[c]n(CS(=O)(=O)O)c1=O. The van der Waals surface area contributed by atoms with Crippen LogP contribution < -0.4 is 11.1 Å². The second-order valence-electron chi connectivity index (χ2n) is 2.10. The predicted octanol–water partition coefficient (Wildman–Crippen LogP) is -2.42. The van der Waals surface area contributed by atoms with Crippen LogP contribution in [0.4, 0.5) is 0 Å². The van der Waals surface area contributed by atoms with E-state index in [1.165, 1.54) is 0 Å². The van der Waals surface area contributed by atoms with Crippen molar-refractivity contribution < 1.29 is 13.0 Å². The molecular weight excluding hydrogens is 202 g/mol. The Hall–Kier alpha value is -1.48. The van der Waals surface area contributed by atoms with Gasteiger partial charge in [0, 0.05) is 0 Å². The topological polar surface area (TPSA) is 122 Å². The highest BCUT2D eigenvalue weighted by atomic mass is 32.2. The molecule has 1 rings (SSSR count). The predicted molar refractivity (Wildman–Crippen MR) is 39.5 cm³/mol. The molecule has 0 fully saturated rings. The van der Waals surface area contributed by atoms with Gasteiger partial charge >= 0.3 is 11.1 Å². The second-order valence-corrected chi connectivity index (χ2v) is 3.52. The van der Waals surface area contributed by atoms with Crippen molar-refractivity contribution >= 4 is 10.1 Å². The Labute approximate surface area is 71.6 Å². The fourth-order valence-electron chi connectivity index (χ4n) is 0.603. The van der Waals surface area contributed by atoms with Crippen molar-refractivity contribution in [2.24, 2.45) is 0 Å². The molecule has 71 valence electrons. The van der Waals surface area contributed by atoms with Gasteiger partial charge in [-0.1, -0.05) is 0 Å². The van der Waals surface area contributed by atoms with Crippen LogP contribution in [-0.4, -0.2) is 27.7 Å². The summed E-state index contributed by atoms with van der Waals surface area (Å²) >= 11 is 0. The number of hydrogen-bond donors (Lipinski definition) is 2. The maximum absolute atomic E-state index is 10.8. The van der Waals surface area contributed by atoms with Gasteiger partial charge in [-0.3, -0.25) is 18.7 Å². The minimum absolute atomic E-state index is 0.355. The molecule has 0 bridgehead atoms. The van der Waals surface area contributed by atoms with Gasteiger partial charge < -0.3 is 0 Å². The van der Waals surface area contributed by atoms with Crippen molar-refractivity contribution in [3.8, 4) is 0 Å². The van der Waals surface area contributed by atoms with Crippen LogP contribution in [0.2, 0.25) is 0 Å². The monoisotopic (exact) mass is 206 g/mol. The maximum atomic E-state index is 10.8. The van der Waals surface area contributed by atoms with Crippen LogP contribution in [0.3, 0.4) is 0 Å². The quantitative estimate of drug-likeness (QED) is 0.410. The summed E-state index contributed by atoms with van der Waals surface area (Å²) < 4.78 is 29.3. The van der Waals surface area contributed by atoms with E-state index in [-0.39, 0.29) is 0 Å². The molecule has 0 aliphatic carbocycles. The maximum Gasteiger partial charge on any atom is 0.330 e. The molecule has 1 aromatic heterocycles. The van der Waals surface area contributed by atoms with Gasteiger partial charge in [0.05, 0.1) is 0 Å². The average molecular weight is 206 g/mol. The van der Waals surface area contributed by atoms with E-state index in [0.29, 0.717) is 4.57 Å². The molecule has 1 heterocycles. The van der Waals surface area contributed by atoms with E-state index in [9.17, 15) is 18.0 Å². The van der Waals surface area contributed by atoms with Crippen LogP contribution in [-0.2, 0) is 16.0 Å². The summed E-state index contributed by atoms with van der Waals surface area (Å²) in [5.74, 6) is -1.04. The van der Waals surface area contributed by atoms with Gasteiger partial charge in [0.2, 0.25) is 6.33 Å². The van der Waals surface area contributed by atoms with Gasteiger partial charge in [-0.25, -0.2) is 5.10 Å². The summed E-state index contributed by atoms with van der Waals surface area (Å²) in [6.07, 6.45) is 1.89. The molecule has 8 nitrogen and oxygen atoms in total. The molecule has 13 heavy (non-hydrogen) atoms. The fourth-order valence-corrected chi connectivity index (χ4v) is 1.10. The van der Waals surface area contributed by atoms with E-state index >= 15 is 0 Å². The van der Waals surface area contributed by atoms with Gasteiger partial charge in [-0.2, -0.15) is 8.42 Å². The van der Waals surface area contributed by atoms with Gasteiger partial charge in [0.1, 0.15) is 0 Å². The molecule has 1 radical (unpaired) electrons. The highest BCUT2D eigenvalue weighted by Crippen LogP contribution is 1.83. The first kappa shape index (κ1) is 9.61. The number of rotatable bonds is 2. The Balaban J connectivity index is 3.26. The van der Waals surface area contributed by atoms with Crippen LogP contribution in [0, 0.1) is 6.33 Å². The molecule has 1 aromatic rings. The lowest BCUT2D eigenvalue weighted by Crippen LogP contribution is -2.38. The summed E-state index contributed by atoms with van der Waals surface area (Å²) in [4.78, 5) is 21.4. The smallest absolute Gasteiger partial charge is 0.284 e. The second kappa shape index (κ2) is 3.11. The van der Waals surface area contributed by atoms with Crippen molar-refractivity contribution in [2.45, 2.75) is 5.88 Å². The Kier molecular flexibility index (Phi) is 2.30. The van der Waals surface area contributed by atoms with E-state index in [4.69, 9.17) is 4.55 Å². The zero-order chi connectivity index (χ0) is 10.1. The van der Waals surface area contributed by atoms with Crippen molar-refractivity contribution in [3.05, 3.63) is 27.0 Å². The minimum Gasteiger partial charge on any atom is -0.284 e. The van der Waals surface area contributed by atoms with E-state index in [2.05, 4.69) is 5.10 Å². The Morgan fingerprint density at radius 1 is 1.54 bits per heavy atom.